The summed E-state index contributed by atoms with van der Waals surface area (Å²) < 4.78 is 6.08. The van der Waals surface area contributed by atoms with Crippen LogP contribution in [-0.4, -0.2) is 17.7 Å². The summed E-state index contributed by atoms with van der Waals surface area (Å²) in [7, 11) is 0. The Hall–Kier alpha value is -2.26. The number of allylic oxidation sites excluding steroid dienone is 1. The fourth-order valence-electron chi connectivity index (χ4n) is 3.41. The normalized spacial score (nSPS) is 13.9. The molecule has 0 spiro atoms. The van der Waals surface area contributed by atoms with Gasteiger partial charge in [0.2, 0.25) is 0 Å². The molecule has 0 bridgehead atoms. The van der Waals surface area contributed by atoms with Crippen LogP contribution in [0.15, 0.2) is 48.0 Å². The van der Waals surface area contributed by atoms with Crippen LogP contribution in [0.1, 0.15) is 42.4 Å². The zero-order valence-corrected chi connectivity index (χ0v) is 15.7. The number of halogens is 1. The van der Waals surface area contributed by atoms with E-state index in [1.165, 1.54) is 16.7 Å². The highest BCUT2D eigenvalue weighted by atomic mass is 35.5. The molecule has 0 atom stereocenters. The number of carboxylic acids is 1. The van der Waals surface area contributed by atoms with Gasteiger partial charge in [0.05, 0.1) is 0 Å². The van der Waals surface area contributed by atoms with E-state index in [1.807, 2.05) is 37.3 Å². The maximum atomic E-state index is 10.7. The van der Waals surface area contributed by atoms with Crippen LogP contribution in [0.2, 0.25) is 5.02 Å². The third-order valence-electron chi connectivity index (χ3n) is 4.79. The Kier molecular flexibility index (Phi) is 6.00. The number of hydrogen-bond donors (Lipinski definition) is 1. The molecule has 0 aromatic heterocycles. The van der Waals surface area contributed by atoms with Crippen molar-refractivity contribution in [1.82, 2.24) is 0 Å². The second-order valence-electron chi connectivity index (χ2n) is 6.72. The van der Waals surface area contributed by atoms with Crippen LogP contribution in [0, 0.1) is 6.92 Å². The van der Waals surface area contributed by atoms with Gasteiger partial charge in [-0.3, -0.25) is 4.79 Å². The highest BCUT2D eigenvalue weighted by Gasteiger charge is 2.17. The van der Waals surface area contributed by atoms with Gasteiger partial charge in [0.1, 0.15) is 12.4 Å². The molecule has 0 saturated heterocycles. The molecule has 2 aromatic carbocycles. The van der Waals surface area contributed by atoms with E-state index in [2.05, 4.69) is 12.1 Å². The van der Waals surface area contributed by atoms with E-state index < -0.39 is 5.97 Å². The van der Waals surface area contributed by atoms with Gasteiger partial charge >= 0.3 is 5.97 Å². The Balaban J connectivity index is 1.68. The predicted molar refractivity (Wildman–Crippen MR) is 105 cm³/mol. The van der Waals surface area contributed by atoms with Gasteiger partial charge in [0.15, 0.2) is 0 Å². The van der Waals surface area contributed by atoms with Gasteiger partial charge in [-0.05, 0) is 78.6 Å². The standard InChI is InChI=1S/C22H23ClO3/c1-15-13-16(6-12-22(24)25)5-11-21(15)26-14-18-3-2-4-20(18)17-7-9-19(23)10-8-17/h5,7-11,13H,2-4,6,12,14H2,1H3,(H,24,25). The molecule has 0 saturated carbocycles. The van der Waals surface area contributed by atoms with Crippen molar-refractivity contribution in [2.24, 2.45) is 0 Å². The van der Waals surface area contributed by atoms with E-state index in [9.17, 15) is 4.79 Å². The van der Waals surface area contributed by atoms with Gasteiger partial charge in [-0.1, -0.05) is 35.9 Å². The Labute approximate surface area is 159 Å². The molecule has 1 N–H and O–H groups in total. The monoisotopic (exact) mass is 370 g/mol. The highest BCUT2D eigenvalue weighted by molar-refractivity contribution is 6.30. The van der Waals surface area contributed by atoms with Crippen molar-refractivity contribution in [3.8, 4) is 5.75 Å². The third kappa shape index (κ3) is 4.67. The van der Waals surface area contributed by atoms with Gasteiger partial charge in [-0.25, -0.2) is 0 Å². The predicted octanol–water partition coefficient (Wildman–Crippen LogP) is 5.68. The average Bonchev–Trinajstić information content (AvgIpc) is 3.08. The molecule has 0 fully saturated rings. The lowest BCUT2D eigenvalue weighted by atomic mass is 10.0. The Morgan fingerprint density at radius 3 is 2.62 bits per heavy atom. The summed E-state index contributed by atoms with van der Waals surface area (Å²) in [4.78, 5) is 10.7. The molecular formula is C22H23ClO3. The number of carboxylic acid groups (broad SMARTS) is 1. The first kappa shape index (κ1) is 18.5. The van der Waals surface area contributed by atoms with Crippen molar-refractivity contribution in [2.75, 3.05) is 6.61 Å². The van der Waals surface area contributed by atoms with Crippen LogP contribution in [0.3, 0.4) is 0 Å². The number of rotatable bonds is 7. The minimum Gasteiger partial charge on any atom is -0.489 e. The fraction of sp³-hybridized carbons (Fsp3) is 0.318. The molecule has 4 heteroatoms. The second-order valence-corrected chi connectivity index (χ2v) is 7.16. The summed E-state index contributed by atoms with van der Waals surface area (Å²) in [5.74, 6) is 0.0878. The van der Waals surface area contributed by atoms with Crippen LogP contribution in [0.4, 0.5) is 0 Å². The first-order chi connectivity index (χ1) is 12.5. The Morgan fingerprint density at radius 1 is 1.15 bits per heavy atom. The molecule has 0 radical (unpaired) electrons. The lowest BCUT2D eigenvalue weighted by Crippen LogP contribution is -2.03. The molecule has 136 valence electrons. The van der Waals surface area contributed by atoms with Gasteiger partial charge in [0, 0.05) is 11.4 Å². The zero-order valence-electron chi connectivity index (χ0n) is 14.9. The van der Waals surface area contributed by atoms with E-state index in [4.69, 9.17) is 21.4 Å². The lowest BCUT2D eigenvalue weighted by Gasteiger charge is -2.13. The summed E-state index contributed by atoms with van der Waals surface area (Å²) >= 11 is 5.99. The molecule has 0 heterocycles. The number of ether oxygens (including phenoxy) is 1. The van der Waals surface area contributed by atoms with Crippen LogP contribution < -0.4 is 4.74 Å². The van der Waals surface area contributed by atoms with Crippen LogP contribution in [-0.2, 0) is 11.2 Å². The summed E-state index contributed by atoms with van der Waals surface area (Å²) in [6.07, 6.45) is 3.99. The van der Waals surface area contributed by atoms with Crippen LogP contribution in [0.5, 0.6) is 5.75 Å². The second kappa shape index (κ2) is 8.41. The molecule has 2 aromatic rings. The molecule has 26 heavy (non-hydrogen) atoms. The van der Waals surface area contributed by atoms with Crippen molar-refractivity contribution in [1.29, 1.82) is 0 Å². The van der Waals surface area contributed by atoms with Gasteiger partial charge in [-0.2, -0.15) is 0 Å². The minimum atomic E-state index is -0.772. The smallest absolute Gasteiger partial charge is 0.303 e. The third-order valence-corrected chi connectivity index (χ3v) is 5.05. The lowest BCUT2D eigenvalue weighted by molar-refractivity contribution is -0.136. The Bertz CT molecular complexity index is 822. The minimum absolute atomic E-state index is 0.150. The van der Waals surface area contributed by atoms with Crippen molar-refractivity contribution < 1.29 is 14.6 Å². The Morgan fingerprint density at radius 2 is 1.92 bits per heavy atom. The maximum Gasteiger partial charge on any atom is 0.303 e. The molecule has 0 unspecified atom stereocenters. The van der Waals surface area contributed by atoms with Crippen LogP contribution in [0.25, 0.3) is 5.57 Å². The van der Waals surface area contributed by atoms with Gasteiger partial charge in [0.25, 0.3) is 0 Å². The molecular weight excluding hydrogens is 348 g/mol. The molecule has 3 rings (SSSR count). The maximum absolute atomic E-state index is 10.7. The topological polar surface area (TPSA) is 46.5 Å². The molecule has 1 aliphatic carbocycles. The van der Waals surface area contributed by atoms with Crippen molar-refractivity contribution >= 4 is 23.1 Å². The zero-order chi connectivity index (χ0) is 18.5. The van der Waals surface area contributed by atoms with Crippen molar-refractivity contribution in [3.63, 3.8) is 0 Å². The number of aliphatic carboxylic acids is 1. The van der Waals surface area contributed by atoms with E-state index >= 15 is 0 Å². The van der Waals surface area contributed by atoms with Gasteiger partial charge < -0.3 is 9.84 Å². The highest BCUT2D eigenvalue weighted by Crippen LogP contribution is 2.35. The van der Waals surface area contributed by atoms with E-state index in [0.717, 1.165) is 41.2 Å². The van der Waals surface area contributed by atoms with E-state index in [-0.39, 0.29) is 6.42 Å². The quantitative estimate of drug-likeness (QED) is 0.681. The number of carbonyl (C=O) groups is 1. The SMILES string of the molecule is Cc1cc(CCC(=O)O)ccc1OCC1=C(c2ccc(Cl)cc2)CCC1. The fourth-order valence-corrected chi connectivity index (χ4v) is 3.54. The van der Waals surface area contributed by atoms with E-state index in [0.29, 0.717) is 13.0 Å². The number of hydrogen-bond acceptors (Lipinski definition) is 2. The summed E-state index contributed by atoms with van der Waals surface area (Å²) in [5.41, 5.74) is 6.02. The van der Waals surface area contributed by atoms with Crippen molar-refractivity contribution in [2.45, 2.75) is 39.0 Å². The number of benzene rings is 2. The largest absolute Gasteiger partial charge is 0.489 e. The van der Waals surface area contributed by atoms with Crippen molar-refractivity contribution in [3.05, 3.63) is 69.8 Å². The molecule has 3 nitrogen and oxygen atoms in total. The molecule has 0 amide bonds. The number of aryl methyl sites for hydroxylation is 2. The van der Waals surface area contributed by atoms with Gasteiger partial charge in [-0.15, -0.1) is 0 Å². The summed E-state index contributed by atoms with van der Waals surface area (Å²) in [6.45, 7) is 2.59. The summed E-state index contributed by atoms with van der Waals surface area (Å²) in [6, 6.07) is 13.9. The summed E-state index contributed by atoms with van der Waals surface area (Å²) in [5, 5.41) is 9.55. The first-order valence-corrected chi connectivity index (χ1v) is 9.31. The first-order valence-electron chi connectivity index (χ1n) is 8.94. The van der Waals surface area contributed by atoms with Crippen LogP contribution >= 0.6 is 11.6 Å². The van der Waals surface area contributed by atoms with E-state index in [1.54, 1.807) is 0 Å². The average molecular weight is 371 g/mol. The molecule has 1 aliphatic rings. The molecule has 0 aliphatic heterocycles.